The predicted octanol–water partition coefficient (Wildman–Crippen LogP) is 6.93. The standard InChI is InChI=1S/C39H37F3N2O9/c1-6-50-35(47)38(36(48)51-7-2,26-13-9-8-10-14-26)24-52-37(49)53-28-21-22-32(31(23-28)33(45)43(3)4)44(5)34(46)30-16-12-11-15-29(30)25-17-19-27(20-18-25)39(40,41)42/h8-23H,6-7,24H2,1-5H3. The Morgan fingerprint density at radius 1 is 0.642 bits per heavy atom. The Balaban J connectivity index is 1.63. The molecule has 0 atom stereocenters. The van der Waals surface area contributed by atoms with Gasteiger partial charge in [-0.1, -0.05) is 60.7 Å². The van der Waals surface area contributed by atoms with Gasteiger partial charge in [0.1, 0.15) is 12.4 Å². The molecule has 4 aromatic carbocycles. The van der Waals surface area contributed by atoms with E-state index < -0.39 is 53.7 Å². The van der Waals surface area contributed by atoms with E-state index in [4.69, 9.17) is 18.9 Å². The Kier molecular flexibility index (Phi) is 12.6. The molecule has 0 spiro atoms. The van der Waals surface area contributed by atoms with Crippen molar-refractivity contribution < 1.29 is 56.1 Å². The van der Waals surface area contributed by atoms with E-state index in [0.717, 1.165) is 12.1 Å². The van der Waals surface area contributed by atoms with Crippen molar-refractivity contribution in [2.24, 2.45) is 0 Å². The van der Waals surface area contributed by atoms with Crippen LogP contribution in [-0.2, 0) is 35.4 Å². The summed E-state index contributed by atoms with van der Waals surface area (Å²) in [4.78, 5) is 69.3. The van der Waals surface area contributed by atoms with Gasteiger partial charge in [-0.05, 0) is 66.9 Å². The largest absolute Gasteiger partial charge is 0.513 e. The van der Waals surface area contributed by atoms with Gasteiger partial charge in [0.25, 0.3) is 11.8 Å². The van der Waals surface area contributed by atoms with Crippen molar-refractivity contribution in [1.82, 2.24) is 4.90 Å². The normalized spacial score (nSPS) is 11.2. The van der Waals surface area contributed by atoms with Crippen molar-refractivity contribution in [3.63, 3.8) is 0 Å². The number of alkyl halides is 3. The second kappa shape index (κ2) is 16.9. The van der Waals surface area contributed by atoms with E-state index in [1.807, 2.05) is 0 Å². The lowest BCUT2D eigenvalue weighted by atomic mass is 9.81. The van der Waals surface area contributed by atoms with Crippen LogP contribution in [0.1, 0.15) is 45.7 Å². The molecule has 53 heavy (non-hydrogen) atoms. The summed E-state index contributed by atoms with van der Waals surface area (Å²) < 4.78 is 60.6. The Labute approximate surface area is 303 Å². The summed E-state index contributed by atoms with van der Waals surface area (Å²) in [6.07, 6.45) is -5.86. The first-order chi connectivity index (χ1) is 25.1. The van der Waals surface area contributed by atoms with E-state index in [1.165, 1.54) is 79.5 Å². The molecule has 0 saturated carbocycles. The van der Waals surface area contributed by atoms with Crippen LogP contribution in [0.2, 0.25) is 0 Å². The number of ether oxygens (including phenoxy) is 4. The number of hydrogen-bond donors (Lipinski definition) is 0. The molecule has 2 amide bonds. The van der Waals surface area contributed by atoms with Gasteiger partial charge in [0.15, 0.2) is 0 Å². The zero-order valence-corrected chi connectivity index (χ0v) is 29.6. The van der Waals surface area contributed by atoms with E-state index in [9.17, 15) is 37.1 Å². The van der Waals surface area contributed by atoms with E-state index in [1.54, 1.807) is 50.2 Å². The molecule has 0 radical (unpaired) electrons. The van der Waals surface area contributed by atoms with Crippen LogP contribution in [0.5, 0.6) is 5.75 Å². The first kappa shape index (κ1) is 39.6. The average molecular weight is 735 g/mol. The highest BCUT2D eigenvalue weighted by Crippen LogP contribution is 2.34. The van der Waals surface area contributed by atoms with Gasteiger partial charge in [0, 0.05) is 26.7 Å². The number of benzene rings is 4. The summed E-state index contributed by atoms with van der Waals surface area (Å²) in [6.45, 7) is 2.10. The molecule has 0 N–H and O–H groups in total. The van der Waals surface area contributed by atoms with Gasteiger partial charge in [0.2, 0.25) is 5.41 Å². The fourth-order valence-corrected chi connectivity index (χ4v) is 5.38. The molecule has 0 saturated heterocycles. The van der Waals surface area contributed by atoms with Gasteiger partial charge in [-0.3, -0.25) is 19.2 Å². The maximum absolute atomic E-state index is 13.9. The number of amides is 2. The Morgan fingerprint density at radius 3 is 1.79 bits per heavy atom. The molecule has 0 aromatic heterocycles. The molecule has 0 unspecified atom stereocenters. The number of carbonyl (C=O) groups is 5. The average Bonchev–Trinajstić information content (AvgIpc) is 3.14. The summed E-state index contributed by atoms with van der Waals surface area (Å²) in [5, 5.41) is 0. The molecule has 278 valence electrons. The first-order valence-corrected chi connectivity index (χ1v) is 16.3. The van der Waals surface area contributed by atoms with Crippen LogP contribution in [0.15, 0.2) is 97.1 Å². The van der Waals surface area contributed by atoms with Crippen LogP contribution in [0.3, 0.4) is 0 Å². The Morgan fingerprint density at radius 2 is 1.23 bits per heavy atom. The lowest BCUT2D eigenvalue weighted by Crippen LogP contribution is -2.50. The zero-order chi connectivity index (χ0) is 38.9. The van der Waals surface area contributed by atoms with Crippen molar-refractivity contribution in [3.05, 3.63) is 119 Å². The fraction of sp³-hybridized carbons (Fsp3) is 0.256. The van der Waals surface area contributed by atoms with Gasteiger partial charge < -0.3 is 28.7 Å². The van der Waals surface area contributed by atoms with Crippen LogP contribution in [-0.4, -0.2) is 75.8 Å². The van der Waals surface area contributed by atoms with E-state index in [0.29, 0.717) is 11.1 Å². The highest BCUT2D eigenvalue weighted by molar-refractivity contribution is 6.13. The minimum absolute atomic E-state index is 0.0557. The zero-order valence-electron chi connectivity index (χ0n) is 29.6. The van der Waals surface area contributed by atoms with Crippen LogP contribution in [0, 0.1) is 0 Å². The second-order valence-electron chi connectivity index (χ2n) is 11.7. The summed E-state index contributed by atoms with van der Waals surface area (Å²) in [6, 6.07) is 22.4. The molecule has 0 aliphatic rings. The monoisotopic (exact) mass is 734 g/mol. The van der Waals surface area contributed by atoms with Gasteiger partial charge in [-0.2, -0.15) is 13.2 Å². The highest BCUT2D eigenvalue weighted by Gasteiger charge is 2.52. The molecule has 0 aliphatic carbocycles. The number of rotatable bonds is 12. The van der Waals surface area contributed by atoms with Crippen molar-refractivity contribution in [3.8, 4) is 16.9 Å². The number of esters is 2. The maximum Gasteiger partial charge on any atom is 0.513 e. The molecule has 0 bridgehead atoms. The Bertz CT molecular complexity index is 1950. The van der Waals surface area contributed by atoms with E-state index >= 15 is 0 Å². The van der Waals surface area contributed by atoms with Gasteiger partial charge >= 0.3 is 24.3 Å². The number of anilines is 1. The summed E-state index contributed by atoms with van der Waals surface area (Å²) in [5.74, 6) is -3.34. The van der Waals surface area contributed by atoms with Crippen LogP contribution in [0.4, 0.5) is 23.7 Å². The van der Waals surface area contributed by atoms with Crippen LogP contribution >= 0.6 is 0 Å². The molecule has 0 fully saturated rings. The van der Waals surface area contributed by atoms with Crippen molar-refractivity contribution >= 4 is 35.6 Å². The molecular weight excluding hydrogens is 697 g/mol. The van der Waals surface area contributed by atoms with E-state index in [-0.39, 0.29) is 41.3 Å². The quantitative estimate of drug-likeness (QED) is 0.0659. The fourth-order valence-electron chi connectivity index (χ4n) is 5.38. The Hall–Kier alpha value is -6.18. The number of halogens is 3. The molecule has 14 heteroatoms. The second-order valence-corrected chi connectivity index (χ2v) is 11.7. The molecular formula is C39H37F3N2O9. The first-order valence-electron chi connectivity index (χ1n) is 16.3. The third-order valence-corrected chi connectivity index (χ3v) is 8.07. The number of nitrogens with zero attached hydrogens (tertiary/aromatic N) is 2. The highest BCUT2D eigenvalue weighted by atomic mass is 19.4. The van der Waals surface area contributed by atoms with Crippen molar-refractivity contribution in [2.45, 2.75) is 25.4 Å². The van der Waals surface area contributed by atoms with Crippen LogP contribution in [0.25, 0.3) is 11.1 Å². The van der Waals surface area contributed by atoms with Gasteiger partial charge in [-0.25, -0.2) is 4.79 Å². The maximum atomic E-state index is 13.9. The summed E-state index contributed by atoms with van der Waals surface area (Å²) in [5.41, 5.74) is -1.93. The SMILES string of the molecule is CCOC(=O)C(COC(=O)Oc1ccc(N(C)C(=O)c2ccccc2-c2ccc(C(F)(F)F)cc2)c(C(=O)N(C)C)c1)(C(=O)OCC)c1ccccc1. The van der Waals surface area contributed by atoms with Crippen molar-refractivity contribution in [2.75, 3.05) is 45.9 Å². The lowest BCUT2D eigenvalue weighted by molar-refractivity contribution is -0.167. The molecule has 11 nitrogen and oxygen atoms in total. The van der Waals surface area contributed by atoms with Crippen LogP contribution < -0.4 is 9.64 Å². The third-order valence-electron chi connectivity index (χ3n) is 8.07. The van der Waals surface area contributed by atoms with Crippen molar-refractivity contribution in [1.29, 1.82) is 0 Å². The molecule has 4 aromatic rings. The molecule has 0 heterocycles. The van der Waals surface area contributed by atoms with Gasteiger partial charge in [-0.15, -0.1) is 0 Å². The van der Waals surface area contributed by atoms with E-state index in [2.05, 4.69) is 0 Å². The number of carbonyl (C=O) groups excluding carboxylic acids is 5. The minimum Gasteiger partial charge on any atom is -0.465 e. The molecule has 4 rings (SSSR count). The summed E-state index contributed by atoms with van der Waals surface area (Å²) >= 11 is 0. The topological polar surface area (TPSA) is 129 Å². The minimum atomic E-state index is -4.53. The predicted molar refractivity (Wildman–Crippen MR) is 187 cm³/mol. The summed E-state index contributed by atoms with van der Waals surface area (Å²) in [7, 11) is 4.36. The van der Waals surface area contributed by atoms with Gasteiger partial charge in [0.05, 0.1) is 30.0 Å². The molecule has 0 aliphatic heterocycles. The number of hydrogen-bond acceptors (Lipinski definition) is 9. The lowest BCUT2D eigenvalue weighted by Gasteiger charge is -2.28. The third kappa shape index (κ3) is 8.83. The smallest absolute Gasteiger partial charge is 0.465 e.